The van der Waals surface area contributed by atoms with E-state index in [2.05, 4.69) is 16.0 Å². The van der Waals surface area contributed by atoms with Crippen LogP contribution in [0.4, 0.5) is 0 Å². The second-order valence-electron chi connectivity index (χ2n) is 4.47. The molecule has 0 aliphatic rings. The molecule has 0 bridgehead atoms. The summed E-state index contributed by atoms with van der Waals surface area (Å²) in [5.41, 5.74) is 5.15. The number of hydrogen-bond acceptors (Lipinski definition) is 4. The first-order valence-electron chi connectivity index (χ1n) is 6.10. The fourth-order valence-electron chi connectivity index (χ4n) is 2.16. The minimum absolute atomic E-state index is 0.202. The van der Waals surface area contributed by atoms with Gasteiger partial charge in [0, 0.05) is 5.38 Å². The van der Waals surface area contributed by atoms with Gasteiger partial charge in [0.1, 0.15) is 5.82 Å². The number of nitrogens with zero attached hydrogens (tertiary/aromatic N) is 4. The highest BCUT2D eigenvalue weighted by Crippen LogP contribution is 2.26. The van der Waals surface area contributed by atoms with Crippen LogP contribution in [0.15, 0.2) is 29.1 Å². The van der Waals surface area contributed by atoms with Crippen LogP contribution in [0.25, 0.3) is 11.0 Å². The normalized spacial score (nSPS) is 12.4. The van der Waals surface area contributed by atoms with Crippen LogP contribution in [0.5, 0.6) is 0 Å². The van der Waals surface area contributed by atoms with E-state index in [4.69, 9.17) is 16.9 Å². The highest BCUT2D eigenvalue weighted by molar-refractivity contribution is 7.07. The number of aromatic nitrogens is 3. The van der Waals surface area contributed by atoms with Crippen molar-refractivity contribution in [3.8, 4) is 6.07 Å². The van der Waals surface area contributed by atoms with Crippen molar-refractivity contribution < 1.29 is 0 Å². The van der Waals surface area contributed by atoms with Gasteiger partial charge in [0.25, 0.3) is 0 Å². The predicted molar refractivity (Wildman–Crippen MR) is 79.9 cm³/mol. The van der Waals surface area contributed by atoms with Crippen LogP contribution in [0.1, 0.15) is 29.4 Å². The van der Waals surface area contributed by atoms with Gasteiger partial charge in [-0.15, -0.1) is 22.9 Å². The first kappa shape index (κ1) is 13.1. The zero-order valence-corrected chi connectivity index (χ0v) is 12.3. The molecule has 20 heavy (non-hydrogen) atoms. The Morgan fingerprint density at radius 3 is 3.00 bits per heavy atom. The van der Waals surface area contributed by atoms with Crippen LogP contribution in [0.3, 0.4) is 0 Å². The lowest BCUT2D eigenvalue weighted by molar-refractivity contribution is 0.731. The maximum Gasteiger partial charge on any atom is 0.128 e. The van der Waals surface area contributed by atoms with Gasteiger partial charge in [-0.1, -0.05) is 0 Å². The molecule has 4 nitrogen and oxygen atoms in total. The van der Waals surface area contributed by atoms with Crippen LogP contribution in [-0.4, -0.2) is 14.5 Å². The van der Waals surface area contributed by atoms with Crippen LogP contribution >= 0.6 is 22.9 Å². The Morgan fingerprint density at radius 1 is 1.50 bits per heavy atom. The molecule has 0 N–H and O–H groups in total. The largest absolute Gasteiger partial charge is 0.321 e. The van der Waals surface area contributed by atoms with Crippen LogP contribution in [0, 0.1) is 11.3 Å². The second kappa shape index (κ2) is 5.23. The number of rotatable bonds is 3. The van der Waals surface area contributed by atoms with Crippen LogP contribution in [0.2, 0.25) is 0 Å². The standard InChI is InChI=1S/C14H11ClN4S/c1-9(15)14-18-12-3-2-10(5-16)4-13(12)19(14)6-11-7-20-8-17-11/h2-4,7-9H,6H2,1H3. The highest BCUT2D eigenvalue weighted by Gasteiger charge is 2.16. The molecule has 1 aromatic carbocycles. The topological polar surface area (TPSA) is 54.5 Å². The summed E-state index contributed by atoms with van der Waals surface area (Å²) in [6, 6.07) is 7.63. The van der Waals surface area contributed by atoms with Crippen molar-refractivity contribution in [2.24, 2.45) is 0 Å². The average molecular weight is 303 g/mol. The monoisotopic (exact) mass is 302 g/mol. The van der Waals surface area contributed by atoms with E-state index < -0.39 is 0 Å². The fourth-order valence-corrected chi connectivity index (χ4v) is 2.87. The maximum absolute atomic E-state index is 9.04. The lowest BCUT2D eigenvalue weighted by Gasteiger charge is -2.08. The lowest BCUT2D eigenvalue weighted by atomic mass is 10.2. The van der Waals surface area contributed by atoms with E-state index in [-0.39, 0.29) is 5.38 Å². The number of benzene rings is 1. The van der Waals surface area contributed by atoms with E-state index >= 15 is 0 Å². The Morgan fingerprint density at radius 2 is 2.35 bits per heavy atom. The van der Waals surface area contributed by atoms with Gasteiger partial charge in [-0.2, -0.15) is 5.26 Å². The molecule has 3 aromatic rings. The van der Waals surface area contributed by atoms with Crippen molar-refractivity contribution in [1.82, 2.24) is 14.5 Å². The molecule has 0 spiro atoms. The van der Waals surface area contributed by atoms with Crippen molar-refractivity contribution >= 4 is 34.0 Å². The summed E-state index contributed by atoms with van der Waals surface area (Å²) >= 11 is 7.79. The van der Waals surface area contributed by atoms with Crippen molar-refractivity contribution in [2.45, 2.75) is 18.8 Å². The Kier molecular flexibility index (Phi) is 3.43. The molecule has 6 heteroatoms. The summed E-state index contributed by atoms with van der Waals surface area (Å²) in [5.74, 6) is 0.796. The Hall–Kier alpha value is -1.90. The average Bonchev–Trinajstić information content (AvgIpc) is 3.07. The lowest BCUT2D eigenvalue weighted by Crippen LogP contribution is -2.06. The minimum atomic E-state index is -0.202. The Labute approximate surface area is 125 Å². The van der Waals surface area contributed by atoms with E-state index in [1.165, 1.54) is 0 Å². The second-order valence-corrected chi connectivity index (χ2v) is 5.84. The molecule has 0 radical (unpaired) electrons. The number of alkyl halides is 1. The summed E-state index contributed by atoms with van der Waals surface area (Å²) in [6.45, 7) is 2.51. The number of halogens is 1. The molecule has 100 valence electrons. The summed E-state index contributed by atoms with van der Waals surface area (Å²) < 4.78 is 2.03. The molecule has 1 atom stereocenters. The highest BCUT2D eigenvalue weighted by atomic mass is 35.5. The third-order valence-electron chi connectivity index (χ3n) is 3.07. The molecule has 0 fully saturated rings. The molecule has 0 saturated carbocycles. The van der Waals surface area contributed by atoms with Gasteiger partial charge in [0.2, 0.25) is 0 Å². The smallest absolute Gasteiger partial charge is 0.128 e. The molecule has 2 aromatic heterocycles. The van der Waals surface area contributed by atoms with E-state index in [0.717, 1.165) is 22.6 Å². The molecule has 0 aliphatic heterocycles. The van der Waals surface area contributed by atoms with Crippen molar-refractivity contribution in [3.63, 3.8) is 0 Å². The van der Waals surface area contributed by atoms with Crippen LogP contribution < -0.4 is 0 Å². The third-order valence-corrected chi connectivity index (χ3v) is 3.90. The number of imidazole rings is 1. The molecule has 0 aliphatic carbocycles. The number of thiazole rings is 1. The minimum Gasteiger partial charge on any atom is -0.321 e. The van der Waals surface area contributed by atoms with Crippen molar-refractivity contribution in [3.05, 3.63) is 46.2 Å². The SMILES string of the molecule is CC(Cl)c1nc2ccc(C#N)cc2n1Cc1cscn1. The van der Waals surface area contributed by atoms with E-state index in [0.29, 0.717) is 12.1 Å². The van der Waals surface area contributed by atoms with Gasteiger partial charge in [0.05, 0.1) is 45.8 Å². The molecular formula is C14H11ClN4S. The van der Waals surface area contributed by atoms with Gasteiger partial charge in [-0.05, 0) is 25.1 Å². The van der Waals surface area contributed by atoms with Gasteiger partial charge in [0.15, 0.2) is 0 Å². The van der Waals surface area contributed by atoms with E-state index in [1.54, 1.807) is 22.9 Å². The predicted octanol–water partition coefficient (Wildman–Crippen LogP) is 3.71. The van der Waals surface area contributed by atoms with Gasteiger partial charge in [-0.25, -0.2) is 9.97 Å². The summed E-state index contributed by atoms with van der Waals surface area (Å²) in [6.07, 6.45) is 0. The quantitative estimate of drug-likeness (QED) is 0.693. The van der Waals surface area contributed by atoms with Crippen LogP contribution in [-0.2, 0) is 6.54 Å². The van der Waals surface area contributed by atoms with Crippen molar-refractivity contribution in [2.75, 3.05) is 0 Å². The third kappa shape index (κ3) is 2.28. The molecule has 2 heterocycles. The molecular weight excluding hydrogens is 292 g/mol. The van der Waals surface area contributed by atoms with E-state index in [9.17, 15) is 0 Å². The van der Waals surface area contributed by atoms with Gasteiger partial charge < -0.3 is 4.57 Å². The Balaban J connectivity index is 2.19. The number of nitriles is 1. The summed E-state index contributed by atoms with van der Waals surface area (Å²) in [7, 11) is 0. The maximum atomic E-state index is 9.04. The summed E-state index contributed by atoms with van der Waals surface area (Å²) in [4.78, 5) is 8.87. The van der Waals surface area contributed by atoms with Gasteiger partial charge in [-0.3, -0.25) is 0 Å². The molecule has 3 rings (SSSR count). The number of hydrogen-bond donors (Lipinski definition) is 0. The number of fused-ring (bicyclic) bond motifs is 1. The summed E-state index contributed by atoms with van der Waals surface area (Å²) in [5, 5.41) is 10.8. The van der Waals surface area contributed by atoms with E-state index in [1.807, 2.05) is 29.0 Å². The first-order chi connectivity index (χ1) is 9.69. The first-order valence-corrected chi connectivity index (χ1v) is 7.48. The zero-order chi connectivity index (χ0) is 14.1. The molecule has 1 unspecified atom stereocenters. The fraction of sp³-hybridized carbons (Fsp3) is 0.214. The zero-order valence-electron chi connectivity index (χ0n) is 10.7. The molecule has 0 saturated heterocycles. The Bertz CT molecular complexity index is 783. The van der Waals surface area contributed by atoms with Gasteiger partial charge >= 0.3 is 0 Å². The van der Waals surface area contributed by atoms with Crippen molar-refractivity contribution in [1.29, 1.82) is 5.26 Å². The molecule has 0 amide bonds.